The summed E-state index contributed by atoms with van der Waals surface area (Å²) in [6, 6.07) is 11.6. The smallest absolute Gasteiger partial charge is 0.305 e. The highest BCUT2D eigenvalue weighted by atomic mass is 35.5. The summed E-state index contributed by atoms with van der Waals surface area (Å²) in [5, 5.41) is 23.4. The third kappa shape index (κ3) is 3.27. The number of hydrogen-bond donors (Lipinski definition) is 1. The Labute approximate surface area is 126 Å². The molecule has 1 aromatic heterocycles. The molecule has 6 nitrogen and oxygen atoms in total. The summed E-state index contributed by atoms with van der Waals surface area (Å²) >= 11 is 6.11. The van der Waals surface area contributed by atoms with E-state index in [4.69, 9.17) is 16.9 Å². The lowest BCUT2D eigenvalue weighted by molar-refractivity contribution is -0.385. The normalized spacial score (nSPS) is 11.5. The lowest BCUT2D eigenvalue weighted by Gasteiger charge is -2.16. The Bertz CT molecular complexity index is 727. The average molecular weight is 303 g/mol. The van der Waals surface area contributed by atoms with Crippen molar-refractivity contribution < 1.29 is 4.92 Å². The highest BCUT2D eigenvalue weighted by Crippen LogP contribution is 2.26. The van der Waals surface area contributed by atoms with Crippen LogP contribution in [0.15, 0.2) is 36.4 Å². The van der Waals surface area contributed by atoms with Gasteiger partial charge in [0.2, 0.25) is 5.69 Å². The SMILES string of the molecule is CC(Nc1ccc([N+](=O)[O-])c(C#N)n1)c1ccccc1Cl. The highest BCUT2D eigenvalue weighted by molar-refractivity contribution is 6.31. The first-order valence-electron chi connectivity index (χ1n) is 6.09. The number of nitrogens with one attached hydrogen (secondary N) is 1. The minimum atomic E-state index is -0.632. The molecule has 21 heavy (non-hydrogen) atoms. The number of nitriles is 1. The largest absolute Gasteiger partial charge is 0.363 e. The van der Waals surface area contributed by atoms with Crippen molar-refractivity contribution in [1.29, 1.82) is 5.26 Å². The molecule has 1 aromatic carbocycles. The molecule has 0 saturated heterocycles. The number of halogens is 1. The molecule has 0 saturated carbocycles. The monoisotopic (exact) mass is 302 g/mol. The number of nitrogens with zero attached hydrogens (tertiary/aromatic N) is 3. The van der Waals surface area contributed by atoms with Crippen molar-refractivity contribution in [2.24, 2.45) is 0 Å². The first-order chi connectivity index (χ1) is 10.0. The van der Waals surface area contributed by atoms with Gasteiger partial charge in [-0.2, -0.15) is 5.26 Å². The predicted octanol–water partition coefficient (Wildman–Crippen LogP) is 3.69. The number of hydrogen-bond acceptors (Lipinski definition) is 5. The maximum Gasteiger partial charge on any atom is 0.305 e. The molecule has 2 rings (SSSR count). The molecular weight excluding hydrogens is 292 g/mol. The van der Waals surface area contributed by atoms with Crippen LogP contribution < -0.4 is 5.32 Å². The minimum Gasteiger partial charge on any atom is -0.363 e. The van der Waals surface area contributed by atoms with E-state index in [0.717, 1.165) is 5.56 Å². The summed E-state index contributed by atoms with van der Waals surface area (Å²) in [5.74, 6) is 0.379. The standard InChI is InChI=1S/C14H11ClN4O2/c1-9(10-4-2-3-5-11(10)15)17-14-7-6-13(19(20)21)12(8-16)18-14/h2-7,9H,1H3,(H,17,18). The molecular formula is C14H11ClN4O2. The third-order valence-electron chi connectivity index (χ3n) is 2.91. The molecule has 0 fully saturated rings. The molecule has 1 N–H and O–H groups in total. The van der Waals surface area contributed by atoms with Crippen LogP contribution in [-0.2, 0) is 0 Å². The fraction of sp³-hybridized carbons (Fsp3) is 0.143. The first-order valence-corrected chi connectivity index (χ1v) is 6.47. The zero-order valence-corrected chi connectivity index (χ0v) is 11.8. The summed E-state index contributed by atoms with van der Waals surface area (Å²) in [4.78, 5) is 14.1. The van der Waals surface area contributed by atoms with Crippen molar-refractivity contribution >= 4 is 23.1 Å². The molecule has 1 heterocycles. The molecule has 7 heteroatoms. The van der Waals surface area contributed by atoms with Crippen LogP contribution in [0.5, 0.6) is 0 Å². The van der Waals surface area contributed by atoms with Gasteiger partial charge < -0.3 is 5.32 Å². The van der Waals surface area contributed by atoms with Gasteiger partial charge in [0.25, 0.3) is 0 Å². The van der Waals surface area contributed by atoms with Crippen LogP contribution in [0.4, 0.5) is 11.5 Å². The Hall–Kier alpha value is -2.65. The van der Waals surface area contributed by atoms with E-state index in [2.05, 4.69) is 10.3 Å². The van der Waals surface area contributed by atoms with Gasteiger partial charge in [0.15, 0.2) is 0 Å². The van der Waals surface area contributed by atoms with Crippen LogP contribution >= 0.6 is 11.6 Å². The van der Waals surface area contributed by atoms with E-state index in [9.17, 15) is 10.1 Å². The second kappa shape index (κ2) is 6.20. The van der Waals surface area contributed by atoms with E-state index in [-0.39, 0.29) is 17.4 Å². The van der Waals surface area contributed by atoms with Crippen LogP contribution in [0.2, 0.25) is 5.02 Å². The second-order valence-corrected chi connectivity index (χ2v) is 4.73. The van der Waals surface area contributed by atoms with Gasteiger partial charge in [-0.1, -0.05) is 29.8 Å². The number of benzene rings is 1. The molecule has 0 aliphatic carbocycles. The van der Waals surface area contributed by atoms with Gasteiger partial charge in [0, 0.05) is 11.1 Å². The number of nitro groups is 1. The van der Waals surface area contributed by atoms with Crippen molar-refractivity contribution in [3.05, 3.63) is 62.8 Å². The number of pyridine rings is 1. The molecule has 0 aliphatic rings. The number of anilines is 1. The second-order valence-electron chi connectivity index (χ2n) is 4.32. The summed E-state index contributed by atoms with van der Waals surface area (Å²) in [7, 11) is 0. The van der Waals surface area contributed by atoms with E-state index < -0.39 is 4.92 Å². The van der Waals surface area contributed by atoms with Gasteiger partial charge in [-0.05, 0) is 24.6 Å². The van der Waals surface area contributed by atoms with E-state index in [0.29, 0.717) is 10.8 Å². The molecule has 1 unspecified atom stereocenters. The van der Waals surface area contributed by atoms with Gasteiger partial charge in [-0.3, -0.25) is 10.1 Å². The molecule has 0 aliphatic heterocycles. The van der Waals surface area contributed by atoms with Crippen LogP contribution in [0.1, 0.15) is 24.2 Å². The maximum atomic E-state index is 10.8. The average Bonchev–Trinajstić information content (AvgIpc) is 2.47. The Balaban J connectivity index is 2.27. The summed E-state index contributed by atoms with van der Waals surface area (Å²) in [6.45, 7) is 1.89. The lowest BCUT2D eigenvalue weighted by atomic mass is 10.1. The molecule has 0 amide bonds. The Morgan fingerprint density at radius 2 is 2.10 bits per heavy atom. The Kier molecular flexibility index (Phi) is 4.36. The van der Waals surface area contributed by atoms with Crippen LogP contribution in [0.25, 0.3) is 0 Å². The molecule has 0 radical (unpaired) electrons. The quantitative estimate of drug-likeness (QED) is 0.687. The first kappa shape index (κ1) is 14.8. The highest BCUT2D eigenvalue weighted by Gasteiger charge is 2.17. The maximum absolute atomic E-state index is 10.8. The van der Waals surface area contributed by atoms with Gasteiger partial charge in [-0.15, -0.1) is 0 Å². The Morgan fingerprint density at radius 3 is 2.71 bits per heavy atom. The Morgan fingerprint density at radius 1 is 1.38 bits per heavy atom. The summed E-state index contributed by atoms with van der Waals surface area (Å²) in [5.41, 5.74) is 0.336. The van der Waals surface area contributed by atoms with Crippen molar-refractivity contribution in [2.75, 3.05) is 5.32 Å². The van der Waals surface area contributed by atoms with E-state index in [1.807, 2.05) is 25.1 Å². The van der Waals surface area contributed by atoms with Crippen molar-refractivity contribution in [2.45, 2.75) is 13.0 Å². The zero-order valence-electron chi connectivity index (χ0n) is 11.1. The number of rotatable bonds is 4. The minimum absolute atomic E-state index is 0.154. The van der Waals surface area contributed by atoms with Crippen molar-refractivity contribution in [1.82, 2.24) is 4.98 Å². The van der Waals surface area contributed by atoms with Crippen molar-refractivity contribution in [3.8, 4) is 6.07 Å². The predicted molar refractivity (Wildman–Crippen MR) is 79.1 cm³/mol. The molecule has 1 atom stereocenters. The fourth-order valence-electron chi connectivity index (χ4n) is 1.89. The van der Waals surface area contributed by atoms with E-state index in [1.165, 1.54) is 12.1 Å². The molecule has 0 bridgehead atoms. The van der Waals surface area contributed by atoms with Crippen LogP contribution in [-0.4, -0.2) is 9.91 Å². The van der Waals surface area contributed by atoms with Crippen LogP contribution in [0, 0.1) is 21.4 Å². The lowest BCUT2D eigenvalue weighted by Crippen LogP contribution is -2.09. The van der Waals surface area contributed by atoms with Gasteiger partial charge in [0.05, 0.1) is 11.0 Å². The summed E-state index contributed by atoms with van der Waals surface area (Å²) < 4.78 is 0. The fourth-order valence-corrected chi connectivity index (χ4v) is 2.19. The molecule has 2 aromatic rings. The van der Waals surface area contributed by atoms with E-state index in [1.54, 1.807) is 12.1 Å². The van der Waals surface area contributed by atoms with Crippen molar-refractivity contribution in [3.63, 3.8) is 0 Å². The molecule has 106 valence electrons. The van der Waals surface area contributed by atoms with E-state index >= 15 is 0 Å². The van der Waals surface area contributed by atoms with Gasteiger partial charge in [0.1, 0.15) is 11.9 Å². The van der Waals surface area contributed by atoms with Gasteiger partial charge in [-0.25, -0.2) is 4.98 Å². The number of aromatic nitrogens is 1. The van der Waals surface area contributed by atoms with Gasteiger partial charge >= 0.3 is 5.69 Å². The summed E-state index contributed by atoms with van der Waals surface area (Å²) in [6.07, 6.45) is 0. The third-order valence-corrected chi connectivity index (χ3v) is 3.26. The topological polar surface area (TPSA) is 91.9 Å². The zero-order chi connectivity index (χ0) is 15.4. The van der Waals surface area contributed by atoms with Crippen LogP contribution in [0.3, 0.4) is 0 Å². The molecule has 0 spiro atoms.